The van der Waals surface area contributed by atoms with Gasteiger partial charge in [-0.2, -0.15) is 0 Å². The van der Waals surface area contributed by atoms with Gasteiger partial charge in [0.05, 0.1) is 6.42 Å². The number of ether oxygens (including phenoxy) is 2. The number of fused-ring (bicyclic) bond motifs is 1. The van der Waals surface area contributed by atoms with Crippen molar-refractivity contribution in [3.05, 3.63) is 48.0 Å². The van der Waals surface area contributed by atoms with Crippen LogP contribution in [-0.2, 0) is 11.2 Å². The number of rotatable bonds is 3. The Morgan fingerprint density at radius 1 is 1.04 bits per heavy atom. The molecular weight excluding hydrogens is 306 g/mol. The lowest BCUT2D eigenvalue weighted by atomic mass is 10.1. The first-order chi connectivity index (χ1) is 11.6. The largest absolute Gasteiger partial charge is 0.508 e. The highest BCUT2D eigenvalue weighted by atomic mass is 16.7. The molecule has 0 aromatic heterocycles. The average molecular weight is 325 g/mol. The van der Waals surface area contributed by atoms with Crippen LogP contribution in [-0.4, -0.2) is 16.8 Å². The molecule has 0 radical (unpaired) electrons. The number of nitrogens with one attached hydrogen (secondary N) is 1. The van der Waals surface area contributed by atoms with Crippen molar-refractivity contribution in [1.82, 2.24) is 0 Å². The number of benzene rings is 2. The summed E-state index contributed by atoms with van der Waals surface area (Å²) in [5.74, 6) is 1.02. The third kappa shape index (κ3) is 2.89. The molecule has 24 heavy (non-hydrogen) atoms. The molecule has 1 aliphatic heterocycles. The summed E-state index contributed by atoms with van der Waals surface area (Å²) in [5, 5.41) is 12.2. The molecule has 2 N–H and O–H groups in total. The Labute approximate surface area is 140 Å². The highest BCUT2D eigenvalue weighted by Crippen LogP contribution is 2.47. The van der Waals surface area contributed by atoms with E-state index in [0.29, 0.717) is 11.4 Å². The summed E-state index contributed by atoms with van der Waals surface area (Å²) in [7, 11) is 0. The van der Waals surface area contributed by atoms with Crippen molar-refractivity contribution in [2.75, 3.05) is 5.32 Å². The van der Waals surface area contributed by atoms with E-state index >= 15 is 0 Å². The predicted octanol–water partition coefficient (Wildman–Crippen LogP) is 3.61. The maximum absolute atomic E-state index is 12.2. The minimum Gasteiger partial charge on any atom is -0.508 e. The number of hydrogen-bond donors (Lipinski definition) is 2. The molecule has 1 aliphatic carbocycles. The highest BCUT2D eigenvalue weighted by molar-refractivity contribution is 5.92. The molecule has 5 heteroatoms. The predicted molar refractivity (Wildman–Crippen MR) is 89.3 cm³/mol. The van der Waals surface area contributed by atoms with E-state index in [-0.39, 0.29) is 18.1 Å². The van der Waals surface area contributed by atoms with Gasteiger partial charge in [0.15, 0.2) is 11.5 Å². The van der Waals surface area contributed by atoms with E-state index in [9.17, 15) is 9.90 Å². The zero-order chi connectivity index (χ0) is 16.6. The molecule has 0 atom stereocenters. The van der Waals surface area contributed by atoms with E-state index in [1.807, 2.05) is 18.2 Å². The van der Waals surface area contributed by atoms with Crippen molar-refractivity contribution in [2.45, 2.75) is 37.9 Å². The molecule has 1 spiro atoms. The number of carbonyl (C=O) groups is 1. The Morgan fingerprint density at radius 2 is 1.75 bits per heavy atom. The fourth-order valence-corrected chi connectivity index (χ4v) is 3.29. The second kappa shape index (κ2) is 5.74. The zero-order valence-corrected chi connectivity index (χ0v) is 13.2. The maximum atomic E-state index is 12.2. The first-order valence-electron chi connectivity index (χ1n) is 8.22. The van der Waals surface area contributed by atoms with Gasteiger partial charge in [-0.1, -0.05) is 12.1 Å². The van der Waals surface area contributed by atoms with Crippen LogP contribution < -0.4 is 14.8 Å². The summed E-state index contributed by atoms with van der Waals surface area (Å²) in [6.45, 7) is 0. The van der Waals surface area contributed by atoms with Crippen molar-refractivity contribution in [3.8, 4) is 17.2 Å². The quantitative estimate of drug-likeness (QED) is 0.904. The van der Waals surface area contributed by atoms with E-state index in [0.717, 1.165) is 37.0 Å². The Morgan fingerprint density at radius 3 is 2.50 bits per heavy atom. The van der Waals surface area contributed by atoms with Crippen LogP contribution in [0.15, 0.2) is 42.5 Å². The van der Waals surface area contributed by atoms with Crippen LogP contribution in [0.25, 0.3) is 0 Å². The Hall–Kier alpha value is -2.69. The molecule has 124 valence electrons. The monoisotopic (exact) mass is 325 g/mol. The lowest BCUT2D eigenvalue weighted by Gasteiger charge is -2.21. The summed E-state index contributed by atoms with van der Waals surface area (Å²) in [6, 6.07) is 12.1. The van der Waals surface area contributed by atoms with E-state index in [1.165, 1.54) is 0 Å². The van der Waals surface area contributed by atoms with Crippen LogP contribution in [0.3, 0.4) is 0 Å². The number of hydrogen-bond acceptors (Lipinski definition) is 4. The van der Waals surface area contributed by atoms with Gasteiger partial charge in [-0.15, -0.1) is 0 Å². The fourth-order valence-electron chi connectivity index (χ4n) is 3.29. The lowest BCUT2D eigenvalue weighted by molar-refractivity contribution is -0.115. The number of phenolic OH excluding ortho intramolecular Hbond substituents is 1. The number of carbonyl (C=O) groups excluding carboxylic acids is 1. The first-order valence-corrected chi connectivity index (χ1v) is 8.22. The van der Waals surface area contributed by atoms with Crippen molar-refractivity contribution in [3.63, 3.8) is 0 Å². The maximum Gasteiger partial charge on any atom is 0.251 e. The van der Waals surface area contributed by atoms with Gasteiger partial charge >= 0.3 is 0 Å². The molecule has 2 aliphatic rings. The molecule has 1 heterocycles. The molecule has 2 aromatic rings. The van der Waals surface area contributed by atoms with Crippen molar-refractivity contribution in [1.29, 1.82) is 0 Å². The van der Waals surface area contributed by atoms with Gasteiger partial charge in [0, 0.05) is 24.6 Å². The Bertz CT molecular complexity index is 763. The third-order valence-corrected chi connectivity index (χ3v) is 4.49. The van der Waals surface area contributed by atoms with E-state index in [2.05, 4.69) is 5.32 Å². The van der Waals surface area contributed by atoms with E-state index < -0.39 is 5.79 Å². The molecular formula is C19H19NO4. The molecule has 4 rings (SSSR count). The molecule has 2 aromatic carbocycles. The lowest BCUT2D eigenvalue weighted by Crippen LogP contribution is -2.34. The van der Waals surface area contributed by atoms with Gasteiger partial charge in [0.2, 0.25) is 5.91 Å². The molecule has 0 bridgehead atoms. The number of amides is 1. The summed E-state index contributed by atoms with van der Waals surface area (Å²) in [5.41, 5.74) is 1.53. The zero-order valence-electron chi connectivity index (χ0n) is 13.2. The minimum absolute atomic E-state index is 0.116. The smallest absolute Gasteiger partial charge is 0.251 e. The number of anilines is 1. The first kappa shape index (κ1) is 14.9. The fraction of sp³-hybridized carbons (Fsp3) is 0.316. The summed E-state index contributed by atoms with van der Waals surface area (Å²) >= 11 is 0. The van der Waals surface area contributed by atoms with Crippen LogP contribution in [0.1, 0.15) is 31.2 Å². The summed E-state index contributed by atoms with van der Waals surface area (Å²) in [4.78, 5) is 12.2. The average Bonchev–Trinajstić information content (AvgIpc) is 3.15. The second-order valence-electron chi connectivity index (χ2n) is 6.37. The topological polar surface area (TPSA) is 67.8 Å². The standard InChI is InChI=1S/C19H19NO4/c21-15-6-3-13(4-7-15)11-18(22)20-14-5-8-16-17(12-14)24-19(23-16)9-1-2-10-19/h3-8,12,21H,1-2,9-11H2,(H,20,22). The molecule has 0 unspecified atom stereocenters. The van der Waals surface area contributed by atoms with E-state index in [4.69, 9.17) is 9.47 Å². The van der Waals surface area contributed by atoms with Crippen LogP contribution in [0.4, 0.5) is 5.69 Å². The van der Waals surface area contributed by atoms with E-state index in [1.54, 1.807) is 24.3 Å². The summed E-state index contributed by atoms with van der Waals surface area (Å²) in [6.07, 6.45) is 4.29. The molecule has 1 amide bonds. The minimum atomic E-state index is -0.489. The normalized spacial score (nSPS) is 17.2. The van der Waals surface area contributed by atoms with Gasteiger partial charge in [0.25, 0.3) is 5.79 Å². The Kier molecular flexibility index (Phi) is 3.56. The molecule has 1 fully saturated rings. The molecule has 5 nitrogen and oxygen atoms in total. The second-order valence-corrected chi connectivity index (χ2v) is 6.37. The molecule has 1 saturated carbocycles. The number of aromatic hydroxyl groups is 1. The van der Waals surface area contributed by atoms with Crippen molar-refractivity contribution < 1.29 is 19.4 Å². The van der Waals surface area contributed by atoms with Crippen LogP contribution >= 0.6 is 0 Å². The van der Waals surface area contributed by atoms with Crippen molar-refractivity contribution in [2.24, 2.45) is 0 Å². The number of phenols is 1. The SMILES string of the molecule is O=C(Cc1ccc(O)cc1)Nc1ccc2c(c1)OC1(CCCC1)O2. The van der Waals surface area contributed by atoms with Gasteiger partial charge in [-0.25, -0.2) is 0 Å². The highest BCUT2D eigenvalue weighted by Gasteiger charge is 2.44. The van der Waals surface area contributed by atoms with Crippen LogP contribution in [0, 0.1) is 0 Å². The van der Waals surface area contributed by atoms with Gasteiger partial charge < -0.3 is 19.9 Å². The Balaban J connectivity index is 1.43. The van der Waals surface area contributed by atoms with Crippen LogP contribution in [0.5, 0.6) is 17.2 Å². The van der Waals surface area contributed by atoms with Gasteiger partial charge in [-0.3, -0.25) is 4.79 Å². The van der Waals surface area contributed by atoms with Crippen molar-refractivity contribution >= 4 is 11.6 Å². The van der Waals surface area contributed by atoms with Gasteiger partial charge in [-0.05, 0) is 42.7 Å². The van der Waals surface area contributed by atoms with Gasteiger partial charge in [0.1, 0.15) is 5.75 Å². The summed E-state index contributed by atoms with van der Waals surface area (Å²) < 4.78 is 12.0. The molecule has 0 saturated heterocycles. The van der Waals surface area contributed by atoms with Crippen LogP contribution in [0.2, 0.25) is 0 Å². The third-order valence-electron chi connectivity index (χ3n) is 4.49.